The smallest absolute Gasteiger partial charge is 0.189 e. The molecule has 0 amide bonds. The third-order valence-electron chi connectivity index (χ3n) is 2.13. The minimum absolute atomic E-state index is 0.00954. The van der Waals surface area contributed by atoms with Crippen molar-refractivity contribution in [2.75, 3.05) is 0 Å². The van der Waals surface area contributed by atoms with Gasteiger partial charge >= 0.3 is 0 Å². The summed E-state index contributed by atoms with van der Waals surface area (Å²) in [5.41, 5.74) is 5.29. The maximum atomic E-state index is 13.3. The maximum absolute atomic E-state index is 13.3. The second kappa shape index (κ2) is 3.43. The van der Waals surface area contributed by atoms with E-state index in [4.69, 9.17) is 5.73 Å². The second-order valence-electron chi connectivity index (χ2n) is 3.17. The average Bonchev–Trinajstić information content (AvgIpc) is 2.19. The van der Waals surface area contributed by atoms with Crippen molar-refractivity contribution in [2.24, 2.45) is 5.73 Å². The maximum Gasteiger partial charge on any atom is 0.189 e. The molecule has 1 heterocycles. The number of rotatable bonds is 1. The van der Waals surface area contributed by atoms with Crippen LogP contribution in [-0.2, 0) is 6.54 Å². The number of halogens is 2. The van der Waals surface area contributed by atoms with Gasteiger partial charge in [-0.3, -0.25) is 4.79 Å². The number of nitrogens with one attached hydrogen (secondary N) is 1. The number of pyridine rings is 1. The first-order chi connectivity index (χ1) is 7.11. The number of aromatic amines is 1. The van der Waals surface area contributed by atoms with Gasteiger partial charge in [-0.05, 0) is 6.07 Å². The zero-order chi connectivity index (χ0) is 11.0. The average molecular weight is 210 g/mol. The van der Waals surface area contributed by atoms with E-state index in [0.717, 1.165) is 12.1 Å². The molecule has 0 saturated carbocycles. The number of aromatic nitrogens is 1. The summed E-state index contributed by atoms with van der Waals surface area (Å²) in [7, 11) is 0. The summed E-state index contributed by atoms with van der Waals surface area (Å²) in [5.74, 6) is -1.57. The number of hydrogen-bond acceptors (Lipinski definition) is 2. The molecule has 0 aliphatic carbocycles. The standard InChI is InChI=1S/C10H8F2N2O/c11-5-1-7-9(15)3-6(4-13)14-10(7)8(12)2-5/h1-3H,4,13H2,(H,14,15). The van der Waals surface area contributed by atoms with Crippen LogP contribution in [0.25, 0.3) is 10.9 Å². The first kappa shape index (κ1) is 9.79. The third kappa shape index (κ3) is 1.61. The van der Waals surface area contributed by atoms with Gasteiger partial charge in [0, 0.05) is 24.4 Å². The highest BCUT2D eigenvalue weighted by Gasteiger charge is 2.08. The topological polar surface area (TPSA) is 58.9 Å². The van der Waals surface area contributed by atoms with Gasteiger partial charge in [-0.1, -0.05) is 0 Å². The molecule has 0 fully saturated rings. The summed E-state index contributed by atoms with van der Waals surface area (Å²) in [6.45, 7) is 0.0992. The Morgan fingerprint density at radius 3 is 2.67 bits per heavy atom. The zero-order valence-electron chi connectivity index (χ0n) is 7.68. The van der Waals surface area contributed by atoms with Gasteiger partial charge in [-0.2, -0.15) is 0 Å². The van der Waals surface area contributed by atoms with Crippen molar-refractivity contribution in [3.63, 3.8) is 0 Å². The number of benzene rings is 1. The van der Waals surface area contributed by atoms with Gasteiger partial charge in [-0.15, -0.1) is 0 Å². The normalized spacial score (nSPS) is 10.9. The van der Waals surface area contributed by atoms with Gasteiger partial charge in [0.2, 0.25) is 0 Å². The van der Waals surface area contributed by atoms with Crippen LogP contribution in [0.15, 0.2) is 23.0 Å². The van der Waals surface area contributed by atoms with E-state index in [-0.39, 0.29) is 17.4 Å². The molecule has 2 aromatic rings. The Kier molecular flexibility index (Phi) is 2.24. The Hall–Kier alpha value is -1.75. The largest absolute Gasteiger partial charge is 0.355 e. The van der Waals surface area contributed by atoms with Crippen molar-refractivity contribution in [2.45, 2.75) is 6.54 Å². The molecule has 1 aromatic carbocycles. The summed E-state index contributed by atoms with van der Waals surface area (Å²) in [6.07, 6.45) is 0. The molecule has 3 N–H and O–H groups in total. The number of fused-ring (bicyclic) bond motifs is 1. The van der Waals surface area contributed by atoms with E-state index in [1.54, 1.807) is 0 Å². The van der Waals surface area contributed by atoms with E-state index >= 15 is 0 Å². The van der Waals surface area contributed by atoms with E-state index in [2.05, 4.69) is 4.98 Å². The van der Waals surface area contributed by atoms with E-state index in [1.165, 1.54) is 6.07 Å². The third-order valence-corrected chi connectivity index (χ3v) is 2.13. The summed E-state index contributed by atoms with van der Waals surface area (Å²) < 4.78 is 26.1. The molecule has 78 valence electrons. The van der Waals surface area contributed by atoms with Gasteiger partial charge < -0.3 is 10.7 Å². The van der Waals surface area contributed by atoms with Crippen LogP contribution in [0.3, 0.4) is 0 Å². The fourth-order valence-corrected chi connectivity index (χ4v) is 1.44. The van der Waals surface area contributed by atoms with Gasteiger partial charge in [-0.25, -0.2) is 8.78 Å². The zero-order valence-corrected chi connectivity index (χ0v) is 7.68. The van der Waals surface area contributed by atoms with Crippen molar-refractivity contribution in [3.8, 4) is 0 Å². The monoisotopic (exact) mass is 210 g/mol. The fraction of sp³-hybridized carbons (Fsp3) is 0.100. The Balaban J connectivity index is 2.91. The van der Waals surface area contributed by atoms with Gasteiger partial charge in [0.05, 0.1) is 10.9 Å². The molecule has 5 heteroatoms. The lowest BCUT2D eigenvalue weighted by Gasteiger charge is -2.03. The molecule has 0 saturated heterocycles. The highest BCUT2D eigenvalue weighted by atomic mass is 19.1. The molecule has 0 radical (unpaired) electrons. The summed E-state index contributed by atoms with van der Waals surface area (Å²) in [5, 5.41) is -0.00954. The lowest BCUT2D eigenvalue weighted by Crippen LogP contribution is -2.09. The Morgan fingerprint density at radius 1 is 1.27 bits per heavy atom. The number of nitrogens with two attached hydrogens (primary N) is 1. The second-order valence-corrected chi connectivity index (χ2v) is 3.17. The van der Waals surface area contributed by atoms with E-state index in [0.29, 0.717) is 5.69 Å². The van der Waals surface area contributed by atoms with Crippen LogP contribution >= 0.6 is 0 Å². The predicted octanol–water partition coefficient (Wildman–Crippen LogP) is 1.26. The molecule has 2 rings (SSSR count). The van der Waals surface area contributed by atoms with Crippen molar-refractivity contribution in [3.05, 3.63) is 45.8 Å². The first-order valence-corrected chi connectivity index (χ1v) is 4.33. The quantitative estimate of drug-likeness (QED) is 0.744. The highest BCUT2D eigenvalue weighted by Crippen LogP contribution is 2.14. The van der Waals surface area contributed by atoms with Crippen molar-refractivity contribution >= 4 is 10.9 Å². The molecular weight excluding hydrogens is 202 g/mol. The summed E-state index contributed by atoms with van der Waals surface area (Å²) >= 11 is 0. The highest BCUT2D eigenvalue weighted by molar-refractivity contribution is 5.79. The van der Waals surface area contributed by atoms with Crippen LogP contribution in [0.1, 0.15) is 5.69 Å². The van der Waals surface area contributed by atoms with Crippen molar-refractivity contribution in [1.82, 2.24) is 4.98 Å². The Labute approximate surface area is 83.5 Å². The molecular formula is C10H8F2N2O. The minimum atomic E-state index is -0.794. The van der Waals surface area contributed by atoms with Crippen LogP contribution < -0.4 is 11.2 Å². The van der Waals surface area contributed by atoms with Crippen molar-refractivity contribution in [1.29, 1.82) is 0 Å². The Morgan fingerprint density at radius 2 is 2.00 bits per heavy atom. The van der Waals surface area contributed by atoms with Crippen LogP contribution in [-0.4, -0.2) is 4.98 Å². The van der Waals surface area contributed by atoms with Gasteiger partial charge in [0.15, 0.2) is 5.43 Å². The van der Waals surface area contributed by atoms with Crippen LogP contribution in [0, 0.1) is 11.6 Å². The van der Waals surface area contributed by atoms with Gasteiger partial charge in [0.1, 0.15) is 11.6 Å². The van der Waals surface area contributed by atoms with Crippen molar-refractivity contribution < 1.29 is 8.78 Å². The lowest BCUT2D eigenvalue weighted by molar-refractivity contribution is 0.590. The molecule has 0 spiro atoms. The fourth-order valence-electron chi connectivity index (χ4n) is 1.44. The molecule has 0 bridgehead atoms. The van der Waals surface area contributed by atoms with E-state index < -0.39 is 17.1 Å². The lowest BCUT2D eigenvalue weighted by atomic mass is 10.2. The molecule has 3 nitrogen and oxygen atoms in total. The Bertz CT molecular complexity index is 577. The molecule has 1 aromatic heterocycles. The molecule has 0 aliphatic heterocycles. The molecule has 15 heavy (non-hydrogen) atoms. The van der Waals surface area contributed by atoms with E-state index in [1.807, 2.05) is 0 Å². The summed E-state index contributed by atoms with van der Waals surface area (Å²) in [6, 6.07) is 2.96. The van der Waals surface area contributed by atoms with Crippen LogP contribution in [0.5, 0.6) is 0 Å². The van der Waals surface area contributed by atoms with Crippen LogP contribution in [0.2, 0.25) is 0 Å². The summed E-state index contributed by atoms with van der Waals surface area (Å²) in [4.78, 5) is 14.1. The first-order valence-electron chi connectivity index (χ1n) is 4.33. The van der Waals surface area contributed by atoms with Crippen LogP contribution in [0.4, 0.5) is 8.78 Å². The minimum Gasteiger partial charge on any atom is -0.355 e. The predicted molar refractivity (Wildman–Crippen MR) is 52.4 cm³/mol. The number of H-pyrrole nitrogens is 1. The number of hydrogen-bond donors (Lipinski definition) is 2. The molecule has 0 atom stereocenters. The van der Waals surface area contributed by atoms with Gasteiger partial charge in [0.25, 0.3) is 0 Å². The van der Waals surface area contributed by atoms with E-state index in [9.17, 15) is 13.6 Å². The molecule has 0 aliphatic rings. The molecule has 0 unspecified atom stereocenters. The SMILES string of the molecule is NCc1cc(=O)c2cc(F)cc(F)c2[nH]1.